The zero-order valence-corrected chi connectivity index (χ0v) is 10.2. The molecule has 0 saturated carbocycles. The Morgan fingerprint density at radius 2 is 2.18 bits per heavy atom. The summed E-state index contributed by atoms with van der Waals surface area (Å²) in [6.07, 6.45) is 5.07. The normalized spacial score (nSPS) is 19.7. The van der Waals surface area contributed by atoms with E-state index in [9.17, 15) is 4.79 Å². The second-order valence-electron chi connectivity index (χ2n) is 4.39. The van der Waals surface area contributed by atoms with Crippen LogP contribution in [0, 0.1) is 0 Å². The van der Waals surface area contributed by atoms with E-state index in [1.54, 1.807) is 18.5 Å². The summed E-state index contributed by atoms with van der Waals surface area (Å²) < 4.78 is 5.25. The number of hydrogen-bond donors (Lipinski definition) is 0. The molecular formula is C12H17N3O2. The van der Waals surface area contributed by atoms with Crippen molar-refractivity contribution in [3.63, 3.8) is 0 Å². The molecule has 1 atom stereocenters. The SMILES string of the molecule is CC(C)OC(=O)C1CCCN1c1ncccn1. The molecule has 0 spiro atoms. The van der Waals surface area contributed by atoms with Gasteiger partial charge in [0.1, 0.15) is 6.04 Å². The van der Waals surface area contributed by atoms with Gasteiger partial charge in [-0.2, -0.15) is 0 Å². The number of carbonyl (C=O) groups excluding carboxylic acids is 1. The summed E-state index contributed by atoms with van der Waals surface area (Å²) in [5.41, 5.74) is 0. The van der Waals surface area contributed by atoms with Crippen molar-refractivity contribution in [2.45, 2.75) is 38.8 Å². The van der Waals surface area contributed by atoms with Crippen molar-refractivity contribution in [1.82, 2.24) is 9.97 Å². The molecule has 0 aromatic carbocycles. The molecule has 1 aliphatic rings. The molecule has 0 radical (unpaired) electrons. The van der Waals surface area contributed by atoms with E-state index >= 15 is 0 Å². The lowest BCUT2D eigenvalue weighted by Crippen LogP contribution is -2.39. The highest BCUT2D eigenvalue weighted by Crippen LogP contribution is 2.22. The molecule has 17 heavy (non-hydrogen) atoms. The van der Waals surface area contributed by atoms with E-state index in [0.717, 1.165) is 19.4 Å². The topological polar surface area (TPSA) is 55.3 Å². The summed E-state index contributed by atoms with van der Waals surface area (Å²) in [7, 11) is 0. The Balaban J connectivity index is 2.10. The maximum Gasteiger partial charge on any atom is 0.329 e. The van der Waals surface area contributed by atoms with Gasteiger partial charge in [0.15, 0.2) is 0 Å². The Morgan fingerprint density at radius 3 is 2.82 bits per heavy atom. The van der Waals surface area contributed by atoms with Crippen LogP contribution in [0.4, 0.5) is 5.95 Å². The second kappa shape index (κ2) is 5.12. The summed E-state index contributed by atoms with van der Waals surface area (Å²) in [5, 5.41) is 0. The monoisotopic (exact) mass is 235 g/mol. The van der Waals surface area contributed by atoms with Crippen LogP contribution in [-0.2, 0) is 9.53 Å². The first-order valence-corrected chi connectivity index (χ1v) is 5.92. The molecule has 1 aromatic heterocycles. The van der Waals surface area contributed by atoms with Gasteiger partial charge >= 0.3 is 5.97 Å². The van der Waals surface area contributed by atoms with Crippen LogP contribution >= 0.6 is 0 Å². The molecule has 0 bridgehead atoms. The smallest absolute Gasteiger partial charge is 0.329 e. The average Bonchev–Trinajstić information content (AvgIpc) is 2.78. The van der Waals surface area contributed by atoms with Crippen molar-refractivity contribution >= 4 is 11.9 Å². The number of esters is 1. The van der Waals surface area contributed by atoms with Gasteiger partial charge in [-0.25, -0.2) is 14.8 Å². The molecule has 1 fully saturated rings. The van der Waals surface area contributed by atoms with Crippen LogP contribution in [0.5, 0.6) is 0 Å². The lowest BCUT2D eigenvalue weighted by atomic mass is 10.2. The molecule has 1 unspecified atom stereocenters. The molecular weight excluding hydrogens is 218 g/mol. The van der Waals surface area contributed by atoms with E-state index in [2.05, 4.69) is 9.97 Å². The van der Waals surface area contributed by atoms with Gasteiger partial charge < -0.3 is 9.64 Å². The third-order valence-corrected chi connectivity index (χ3v) is 2.69. The zero-order valence-electron chi connectivity index (χ0n) is 10.2. The number of ether oxygens (including phenoxy) is 1. The lowest BCUT2D eigenvalue weighted by molar-refractivity contribution is -0.148. The Morgan fingerprint density at radius 1 is 1.47 bits per heavy atom. The average molecular weight is 235 g/mol. The van der Waals surface area contributed by atoms with Crippen molar-refractivity contribution < 1.29 is 9.53 Å². The fraction of sp³-hybridized carbons (Fsp3) is 0.583. The van der Waals surface area contributed by atoms with Crippen molar-refractivity contribution in [2.75, 3.05) is 11.4 Å². The van der Waals surface area contributed by atoms with Crippen LogP contribution < -0.4 is 4.90 Å². The highest BCUT2D eigenvalue weighted by Gasteiger charge is 2.33. The summed E-state index contributed by atoms with van der Waals surface area (Å²) in [5.74, 6) is 0.431. The molecule has 2 heterocycles. The van der Waals surface area contributed by atoms with Crippen LogP contribution in [0.2, 0.25) is 0 Å². The van der Waals surface area contributed by atoms with Crippen LogP contribution in [0.1, 0.15) is 26.7 Å². The number of carbonyl (C=O) groups is 1. The number of hydrogen-bond acceptors (Lipinski definition) is 5. The van der Waals surface area contributed by atoms with Crippen LogP contribution in [0.3, 0.4) is 0 Å². The first kappa shape index (κ1) is 11.8. The molecule has 2 rings (SSSR count). The van der Waals surface area contributed by atoms with E-state index < -0.39 is 0 Å². The van der Waals surface area contributed by atoms with Crippen molar-refractivity contribution in [1.29, 1.82) is 0 Å². The number of aromatic nitrogens is 2. The minimum Gasteiger partial charge on any atom is -0.461 e. The summed E-state index contributed by atoms with van der Waals surface area (Å²) in [6.45, 7) is 4.52. The number of anilines is 1. The minimum atomic E-state index is -0.236. The van der Waals surface area contributed by atoms with Gasteiger partial charge in [-0.3, -0.25) is 0 Å². The Kier molecular flexibility index (Phi) is 3.56. The first-order valence-electron chi connectivity index (χ1n) is 5.92. The van der Waals surface area contributed by atoms with Crippen LogP contribution in [0.25, 0.3) is 0 Å². The van der Waals surface area contributed by atoms with Gasteiger partial charge in [0.05, 0.1) is 6.10 Å². The Bertz CT molecular complexity index is 381. The molecule has 5 nitrogen and oxygen atoms in total. The Hall–Kier alpha value is -1.65. The van der Waals surface area contributed by atoms with Gasteiger partial charge in [0.25, 0.3) is 0 Å². The van der Waals surface area contributed by atoms with E-state index in [0.29, 0.717) is 5.95 Å². The highest BCUT2D eigenvalue weighted by atomic mass is 16.5. The van der Waals surface area contributed by atoms with Gasteiger partial charge in [0.2, 0.25) is 5.95 Å². The van der Waals surface area contributed by atoms with E-state index in [1.165, 1.54) is 0 Å². The van der Waals surface area contributed by atoms with Gasteiger partial charge in [-0.1, -0.05) is 0 Å². The maximum atomic E-state index is 11.9. The largest absolute Gasteiger partial charge is 0.461 e. The third kappa shape index (κ3) is 2.72. The third-order valence-electron chi connectivity index (χ3n) is 2.69. The molecule has 0 N–H and O–H groups in total. The summed E-state index contributed by atoms with van der Waals surface area (Å²) >= 11 is 0. The fourth-order valence-corrected chi connectivity index (χ4v) is 2.00. The van der Waals surface area contributed by atoms with Crippen molar-refractivity contribution in [2.24, 2.45) is 0 Å². The summed E-state index contributed by atoms with van der Waals surface area (Å²) in [4.78, 5) is 22.2. The predicted molar refractivity (Wildman–Crippen MR) is 63.6 cm³/mol. The molecule has 1 aliphatic heterocycles. The molecule has 92 valence electrons. The van der Waals surface area contributed by atoms with Crippen LogP contribution in [0.15, 0.2) is 18.5 Å². The highest BCUT2D eigenvalue weighted by molar-refractivity contribution is 5.80. The van der Waals surface area contributed by atoms with Crippen molar-refractivity contribution in [3.05, 3.63) is 18.5 Å². The molecule has 1 aromatic rings. The second-order valence-corrected chi connectivity index (χ2v) is 4.39. The van der Waals surface area contributed by atoms with Gasteiger partial charge in [-0.15, -0.1) is 0 Å². The Labute approximate surface area is 101 Å². The van der Waals surface area contributed by atoms with Gasteiger partial charge in [-0.05, 0) is 32.8 Å². The van der Waals surface area contributed by atoms with E-state index in [1.807, 2.05) is 18.7 Å². The fourth-order valence-electron chi connectivity index (χ4n) is 2.00. The molecule has 0 aliphatic carbocycles. The minimum absolute atomic E-state index is 0.0818. The zero-order chi connectivity index (χ0) is 12.3. The maximum absolute atomic E-state index is 11.9. The standard InChI is InChI=1S/C12H17N3O2/c1-9(2)17-11(16)10-5-3-8-15(10)12-13-6-4-7-14-12/h4,6-7,9-10H,3,5,8H2,1-2H3. The first-order chi connectivity index (χ1) is 8.18. The molecule has 5 heteroatoms. The van der Waals surface area contributed by atoms with Gasteiger partial charge in [0, 0.05) is 18.9 Å². The van der Waals surface area contributed by atoms with E-state index in [4.69, 9.17) is 4.74 Å². The molecule has 0 amide bonds. The van der Waals surface area contributed by atoms with Crippen molar-refractivity contribution in [3.8, 4) is 0 Å². The molecule has 1 saturated heterocycles. The summed E-state index contributed by atoms with van der Waals surface area (Å²) in [6, 6.07) is 1.53. The number of nitrogens with zero attached hydrogens (tertiary/aromatic N) is 3. The predicted octanol–water partition coefficient (Wildman–Crippen LogP) is 1.40. The number of rotatable bonds is 3. The quantitative estimate of drug-likeness (QED) is 0.741. The van der Waals surface area contributed by atoms with E-state index in [-0.39, 0.29) is 18.1 Å². The van der Waals surface area contributed by atoms with Crippen LogP contribution in [-0.4, -0.2) is 34.6 Å². The lowest BCUT2D eigenvalue weighted by Gasteiger charge is -2.23.